The van der Waals surface area contributed by atoms with E-state index in [1.807, 2.05) is 0 Å². The van der Waals surface area contributed by atoms with E-state index in [1.165, 1.54) is 31.5 Å². The van der Waals surface area contributed by atoms with Crippen molar-refractivity contribution in [2.45, 2.75) is 24.7 Å². The first kappa shape index (κ1) is 19.1. The predicted octanol–water partition coefficient (Wildman–Crippen LogP) is 3.32. The van der Waals surface area contributed by atoms with Crippen molar-refractivity contribution in [3.05, 3.63) is 59.4 Å². The number of benzene rings is 1. The maximum absolute atomic E-state index is 12.7. The highest BCUT2D eigenvalue weighted by Gasteiger charge is 2.36. The van der Waals surface area contributed by atoms with E-state index < -0.39 is 23.3 Å². The van der Waals surface area contributed by atoms with Crippen molar-refractivity contribution in [1.29, 1.82) is 0 Å². The molecule has 0 spiro atoms. The second-order valence-corrected chi connectivity index (χ2v) is 5.05. The van der Waals surface area contributed by atoms with Gasteiger partial charge in [-0.3, -0.25) is 4.99 Å². The summed E-state index contributed by atoms with van der Waals surface area (Å²) >= 11 is 0. The Hall–Kier alpha value is -1.99. The van der Waals surface area contributed by atoms with Crippen LogP contribution in [0, 0.1) is 0 Å². The van der Waals surface area contributed by atoms with Gasteiger partial charge in [0.2, 0.25) is 0 Å². The van der Waals surface area contributed by atoms with Gasteiger partial charge in [-0.1, -0.05) is 12.1 Å². The lowest BCUT2D eigenvalue weighted by Crippen LogP contribution is -2.52. The molecule has 0 heterocycles. The molecule has 1 unspecified atom stereocenters. The number of aliphatic imine (C=N–C) groups is 1. The summed E-state index contributed by atoms with van der Waals surface area (Å²) in [6, 6.07) is 3.64. The number of hydrogen-bond acceptors (Lipinski definition) is 3. The molecule has 1 aromatic rings. The van der Waals surface area contributed by atoms with Crippen LogP contribution in [0.3, 0.4) is 0 Å². The Bertz CT molecular complexity index is 601. The molecule has 3 nitrogen and oxygen atoms in total. The van der Waals surface area contributed by atoms with Crippen molar-refractivity contribution in [1.82, 2.24) is 0 Å². The number of hydrogen-bond donors (Lipinski definition) is 2. The van der Waals surface area contributed by atoms with Gasteiger partial charge in [-0.25, -0.2) is 4.39 Å². The predicted molar refractivity (Wildman–Crippen MR) is 83.7 cm³/mol. The third-order valence-electron chi connectivity index (χ3n) is 3.53. The van der Waals surface area contributed by atoms with Gasteiger partial charge in [0.1, 0.15) is 0 Å². The zero-order valence-electron chi connectivity index (χ0n) is 12.8. The molecule has 126 valence electrons. The van der Waals surface area contributed by atoms with Gasteiger partial charge >= 0.3 is 6.18 Å². The monoisotopic (exact) mass is 329 g/mol. The van der Waals surface area contributed by atoms with Gasteiger partial charge in [-0.05, 0) is 42.3 Å². The normalized spacial score (nSPS) is 17.7. The molecule has 0 aliphatic heterocycles. The van der Waals surface area contributed by atoms with Gasteiger partial charge in [0, 0.05) is 19.3 Å². The van der Waals surface area contributed by atoms with E-state index in [0.29, 0.717) is 17.5 Å². The van der Waals surface area contributed by atoms with Gasteiger partial charge in [0.05, 0.1) is 17.4 Å². The van der Waals surface area contributed by atoms with E-state index in [9.17, 15) is 17.6 Å². The smallest absolute Gasteiger partial charge is 0.326 e. The topological polar surface area (TPSA) is 64.4 Å². The summed E-state index contributed by atoms with van der Waals surface area (Å²) in [6.45, 7) is 1.60. The van der Waals surface area contributed by atoms with E-state index in [4.69, 9.17) is 11.5 Å². The average molecular weight is 329 g/mol. The van der Waals surface area contributed by atoms with Crippen LogP contribution in [0.25, 0.3) is 0 Å². The number of nitrogens with zero attached hydrogens (tertiary/aromatic N) is 1. The van der Waals surface area contributed by atoms with Gasteiger partial charge in [-0.15, -0.1) is 0 Å². The fourth-order valence-corrected chi connectivity index (χ4v) is 2.18. The summed E-state index contributed by atoms with van der Waals surface area (Å²) in [4.78, 5) is 3.77. The second kappa shape index (κ2) is 7.52. The number of halogens is 4. The second-order valence-electron chi connectivity index (χ2n) is 5.05. The van der Waals surface area contributed by atoms with Crippen molar-refractivity contribution < 1.29 is 17.6 Å². The molecule has 0 bridgehead atoms. The van der Waals surface area contributed by atoms with Gasteiger partial charge in [0.15, 0.2) is 0 Å². The first-order valence-electron chi connectivity index (χ1n) is 6.79. The van der Waals surface area contributed by atoms with E-state index in [0.717, 1.165) is 18.2 Å². The molecule has 0 aromatic heterocycles. The summed E-state index contributed by atoms with van der Waals surface area (Å²) < 4.78 is 50.7. The third kappa shape index (κ3) is 4.27. The Labute approximate surface area is 132 Å². The standard InChI is InChI=1S/C16H19F4N3/c1-11(21)15(22,13(7-9-17)8-10-23-2)12-3-5-14(6-4-12)16(18,19)20/h3-11H,21-22H2,1-2H3/b9-7+,13-8+,23-10?/t11-,15?/m0/s1. The number of nitrogens with two attached hydrogens (primary N) is 2. The molecule has 4 N–H and O–H groups in total. The summed E-state index contributed by atoms with van der Waals surface area (Å²) in [5.41, 5.74) is 10.7. The molecule has 0 radical (unpaired) electrons. The zero-order chi connectivity index (χ0) is 17.7. The van der Waals surface area contributed by atoms with E-state index in [-0.39, 0.29) is 0 Å². The van der Waals surface area contributed by atoms with Crippen LogP contribution in [0.4, 0.5) is 17.6 Å². The highest BCUT2D eigenvalue weighted by atomic mass is 19.4. The first-order chi connectivity index (χ1) is 10.7. The van der Waals surface area contributed by atoms with Gasteiger partial charge in [0.25, 0.3) is 0 Å². The molecular weight excluding hydrogens is 310 g/mol. The number of alkyl halides is 3. The quantitative estimate of drug-likeness (QED) is 0.494. The molecule has 0 saturated heterocycles. The fraction of sp³-hybridized carbons (Fsp3) is 0.312. The van der Waals surface area contributed by atoms with Crippen molar-refractivity contribution in [3.63, 3.8) is 0 Å². The third-order valence-corrected chi connectivity index (χ3v) is 3.53. The highest BCUT2D eigenvalue weighted by Crippen LogP contribution is 2.34. The van der Waals surface area contributed by atoms with E-state index in [1.54, 1.807) is 6.92 Å². The lowest BCUT2D eigenvalue weighted by Gasteiger charge is -2.35. The minimum absolute atomic E-state index is 0.292. The lowest BCUT2D eigenvalue weighted by molar-refractivity contribution is -0.137. The molecular formula is C16H19F4N3. The van der Waals surface area contributed by atoms with Crippen molar-refractivity contribution in [2.75, 3.05) is 7.05 Å². The summed E-state index contributed by atoms with van der Waals surface area (Å²) in [7, 11) is 1.52. The van der Waals surface area contributed by atoms with Gasteiger partial charge < -0.3 is 11.5 Å². The Balaban J connectivity index is 3.44. The zero-order valence-corrected chi connectivity index (χ0v) is 12.8. The number of allylic oxidation sites excluding steroid dienone is 1. The van der Waals surface area contributed by atoms with Crippen LogP contribution in [0.15, 0.2) is 53.3 Å². The number of rotatable bonds is 5. The van der Waals surface area contributed by atoms with Crippen molar-refractivity contribution in [3.8, 4) is 0 Å². The van der Waals surface area contributed by atoms with Crippen LogP contribution in [-0.4, -0.2) is 19.3 Å². The van der Waals surface area contributed by atoms with Crippen LogP contribution in [-0.2, 0) is 11.7 Å². The fourth-order valence-electron chi connectivity index (χ4n) is 2.18. The molecule has 0 saturated carbocycles. The maximum Gasteiger partial charge on any atom is 0.416 e. The summed E-state index contributed by atoms with van der Waals surface area (Å²) in [5.74, 6) is 0. The Morgan fingerprint density at radius 1 is 1.17 bits per heavy atom. The van der Waals surface area contributed by atoms with Crippen LogP contribution in [0.2, 0.25) is 0 Å². The molecule has 0 aliphatic rings. The van der Waals surface area contributed by atoms with Gasteiger partial charge in [-0.2, -0.15) is 13.2 Å². The Morgan fingerprint density at radius 2 is 1.70 bits per heavy atom. The first-order valence-corrected chi connectivity index (χ1v) is 6.79. The van der Waals surface area contributed by atoms with Crippen molar-refractivity contribution in [2.24, 2.45) is 16.5 Å². The molecule has 23 heavy (non-hydrogen) atoms. The van der Waals surface area contributed by atoms with Crippen molar-refractivity contribution >= 4 is 6.21 Å². The summed E-state index contributed by atoms with van der Waals surface area (Å²) in [6.07, 6.45) is -0.164. The Kier molecular flexibility index (Phi) is 6.23. The maximum atomic E-state index is 12.7. The van der Waals surface area contributed by atoms with Crippen LogP contribution >= 0.6 is 0 Å². The highest BCUT2D eigenvalue weighted by molar-refractivity contribution is 5.74. The summed E-state index contributed by atoms with van der Waals surface area (Å²) in [5, 5.41) is 0. The molecule has 7 heteroatoms. The molecule has 0 fully saturated rings. The molecule has 1 aromatic carbocycles. The molecule has 1 rings (SSSR count). The Morgan fingerprint density at radius 3 is 2.09 bits per heavy atom. The van der Waals surface area contributed by atoms with E-state index in [2.05, 4.69) is 4.99 Å². The largest absolute Gasteiger partial charge is 0.416 e. The van der Waals surface area contributed by atoms with Crippen LogP contribution < -0.4 is 11.5 Å². The molecule has 0 amide bonds. The van der Waals surface area contributed by atoms with Crippen LogP contribution in [0.1, 0.15) is 18.1 Å². The SMILES string of the molecule is CN=C/C=C(\C=C\F)C(N)(c1ccc(C(F)(F)F)cc1)[C@H](C)N. The molecule has 0 aliphatic carbocycles. The minimum Gasteiger partial charge on any atom is -0.326 e. The lowest BCUT2D eigenvalue weighted by atomic mass is 9.77. The average Bonchev–Trinajstić information content (AvgIpc) is 2.49. The molecule has 2 atom stereocenters. The van der Waals surface area contributed by atoms with E-state index >= 15 is 0 Å². The minimum atomic E-state index is -4.45. The van der Waals surface area contributed by atoms with Crippen LogP contribution in [0.5, 0.6) is 0 Å².